The standard InChI is InChI=1S/C19H15N3O/c1-14(15-8-10-20-11-9-15)12-21-13-18-17-5-3-2-4-16(17)6-7-19(18)22-23/h2-11,13H,1,12H2. The molecule has 1 heterocycles. The molecule has 2 aromatic carbocycles. The van der Waals surface area contributed by atoms with Crippen molar-refractivity contribution in [3.8, 4) is 0 Å². The monoisotopic (exact) mass is 301 g/mol. The van der Waals surface area contributed by atoms with Crippen LogP contribution < -0.4 is 0 Å². The van der Waals surface area contributed by atoms with Gasteiger partial charge in [-0.3, -0.25) is 9.98 Å². The molecule has 0 radical (unpaired) electrons. The van der Waals surface area contributed by atoms with Crippen molar-refractivity contribution in [1.29, 1.82) is 0 Å². The van der Waals surface area contributed by atoms with Gasteiger partial charge in [-0.25, -0.2) is 0 Å². The van der Waals surface area contributed by atoms with E-state index in [1.54, 1.807) is 24.7 Å². The largest absolute Gasteiger partial charge is 0.288 e. The van der Waals surface area contributed by atoms with Crippen LogP contribution in [0.5, 0.6) is 0 Å². The van der Waals surface area contributed by atoms with Crippen molar-refractivity contribution in [3.05, 3.63) is 83.5 Å². The molecule has 0 amide bonds. The van der Waals surface area contributed by atoms with Gasteiger partial charge in [0.05, 0.1) is 6.54 Å². The smallest absolute Gasteiger partial charge is 0.117 e. The molecule has 0 aliphatic carbocycles. The van der Waals surface area contributed by atoms with E-state index < -0.39 is 0 Å². The number of nitroso groups, excluding NO2 is 1. The van der Waals surface area contributed by atoms with Crippen LogP contribution in [0.15, 0.2) is 77.7 Å². The van der Waals surface area contributed by atoms with E-state index in [-0.39, 0.29) is 0 Å². The Labute approximate surface area is 134 Å². The molecule has 0 atom stereocenters. The molecule has 0 spiro atoms. The van der Waals surface area contributed by atoms with Gasteiger partial charge in [0.2, 0.25) is 0 Å². The number of rotatable bonds is 5. The molecule has 1 aromatic heterocycles. The number of hydrogen-bond donors (Lipinski definition) is 0. The normalized spacial score (nSPS) is 11.0. The zero-order chi connectivity index (χ0) is 16.1. The SMILES string of the molecule is C=C(CN=Cc1c(N=O)ccc2ccccc12)c1ccncc1. The number of fused-ring (bicyclic) bond motifs is 1. The van der Waals surface area contributed by atoms with E-state index >= 15 is 0 Å². The van der Waals surface area contributed by atoms with Gasteiger partial charge in [0.25, 0.3) is 0 Å². The molecule has 0 fully saturated rings. The highest BCUT2D eigenvalue weighted by atomic mass is 16.3. The molecule has 3 rings (SSSR count). The number of hydrogen-bond acceptors (Lipinski definition) is 4. The second kappa shape index (κ2) is 6.75. The fourth-order valence-electron chi connectivity index (χ4n) is 2.43. The van der Waals surface area contributed by atoms with E-state index in [1.165, 1.54) is 0 Å². The highest BCUT2D eigenvalue weighted by molar-refractivity contribution is 6.04. The minimum Gasteiger partial charge on any atom is -0.288 e. The van der Waals surface area contributed by atoms with Crippen molar-refractivity contribution in [2.24, 2.45) is 10.2 Å². The van der Waals surface area contributed by atoms with Crippen LogP contribution in [0, 0.1) is 4.91 Å². The van der Waals surface area contributed by atoms with Crippen molar-refractivity contribution in [3.63, 3.8) is 0 Å². The lowest BCUT2D eigenvalue weighted by molar-refractivity contribution is 1.25. The van der Waals surface area contributed by atoms with Crippen molar-refractivity contribution < 1.29 is 0 Å². The third kappa shape index (κ3) is 3.21. The number of aromatic nitrogens is 1. The minimum absolute atomic E-state index is 0.391. The Bertz CT molecular complexity index is 886. The first-order valence-corrected chi connectivity index (χ1v) is 7.22. The molecular formula is C19H15N3O. The first kappa shape index (κ1) is 14.8. The molecule has 4 heteroatoms. The maximum atomic E-state index is 11.1. The van der Waals surface area contributed by atoms with E-state index in [0.29, 0.717) is 12.2 Å². The van der Waals surface area contributed by atoms with Gasteiger partial charge in [0, 0.05) is 24.2 Å². The second-order valence-corrected chi connectivity index (χ2v) is 5.12. The van der Waals surface area contributed by atoms with E-state index in [9.17, 15) is 4.91 Å². The maximum Gasteiger partial charge on any atom is 0.117 e. The van der Waals surface area contributed by atoms with Gasteiger partial charge < -0.3 is 0 Å². The summed E-state index contributed by atoms with van der Waals surface area (Å²) in [6, 6.07) is 15.3. The van der Waals surface area contributed by atoms with Crippen molar-refractivity contribution in [1.82, 2.24) is 4.98 Å². The van der Waals surface area contributed by atoms with Gasteiger partial charge in [-0.1, -0.05) is 36.9 Å². The van der Waals surface area contributed by atoms with Crippen LogP contribution >= 0.6 is 0 Å². The summed E-state index contributed by atoms with van der Waals surface area (Å²) in [7, 11) is 0. The van der Waals surface area contributed by atoms with Crippen molar-refractivity contribution in [2.75, 3.05) is 6.54 Å². The quantitative estimate of drug-likeness (QED) is 0.503. The Balaban J connectivity index is 1.89. The molecule has 23 heavy (non-hydrogen) atoms. The van der Waals surface area contributed by atoms with Crippen LogP contribution in [0.4, 0.5) is 5.69 Å². The van der Waals surface area contributed by atoms with E-state index in [1.807, 2.05) is 42.5 Å². The van der Waals surface area contributed by atoms with Gasteiger partial charge in [0.1, 0.15) is 5.69 Å². The topological polar surface area (TPSA) is 54.7 Å². The predicted octanol–water partition coefficient (Wildman–Crippen LogP) is 4.77. The minimum atomic E-state index is 0.391. The molecular weight excluding hydrogens is 286 g/mol. The third-order valence-corrected chi connectivity index (χ3v) is 3.64. The van der Waals surface area contributed by atoms with Gasteiger partial charge >= 0.3 is 0 Å². The van der Waals surface area contributed by atoms with Gasteiger partial charge in [-0.05, 0) is 45.3 Å². The fraction of sp³-hybridized carbons (Fsp3) is 0.0526. The summed E-state index contributed by atoms with van der Waals surface area (Å²) in [5.41, 5.74) is 3.02. The highest BCUT2D eigenvalue weighted by Crippen LogP contribution is 2.26. The molecule has 4 nitrogen and oxygen atoms in total. The van der Waals surface area contributed by atoms with Gasteiger partial charge in [-0.2, -0.15) is 0 Å². The Morgan fingerprint density at radius 2 is 1.87 bits per heavy atom. The van der Waals surface area contributed by atoms with Crippen LogP contribution in [-0.4, -0.2) is 17.7 Å². The molecule has 0 unspecified atom stereocenters. The average molecular weight is 301 g/mol. The molecule has 0 N–H and O–H groups in total. The molecule has 0 bridgehead atoms. The lowest BCUT2D eigenvalue weighted by atomic mass is 10.0. The van der Waals surface area contributed by atoms with Crippen LogP contribution in [0.25, 0.3) is 16.3 Å². The first-order valence-electron chi connectivity index (χ1n) is 7.22. The third-order valence-electron chi connectivity index (χ3n) is 3.64. The Kier molecular flexibility index (Phi) is 4.34. The Morgan fingerprint density at radius 3 is 2.65 bits per heavy atom. The fourth-order valence-corrected chi connectivity index (χ4v) is 2.43. The molecule has 0 aliphatic heterocycles. The number of nitrogens with zero attached hydrogens (tertiary/aromatic N) is 3. The van der Waals surface area contributed by atoms with Crippen LogP contribution in [-0.2, 0) is 0 Å². The van der Waals surface area contributed by atoms with Crippen LogP contribution in [0.1, 0.15) is 11.1 Å². The van der Waals surface area contributed by atoms with E-state index in [0.717, 1.165) is 27.5 Å². The van der Waals surface area contributed by atoms with Crippen LogP contribution in [0.2, 0.25) is 0 Å². The highest BCUT2D eigenvalue weighted by Gasteiger charge is 2.06. The molecule has 0 aliphatic rings. The van der Waals surface area contributed by atoms with Crippen LogP contribution in [0.3, 0.4) is 0 Å². The lowest BCUT2D eigenvalue weighted by Gasteiger charge is -2.05. The summed E-state index contributed by atoms with van der Waals surface area (Å²) in [6.45, 7) is 4.48. The number of benzene rings is 2. The Morgan fingerprint density at radius 1 is 1.09 bits per heavy atom. The molecule has 112 valence electrons. The summed E-state index contributed by atoms with van der Waals surface area (Å²) in [4.78, 5) is 19.5. The van der Waals surface area contributed by atoms with Crippen molar-refractivity contribution in [2.45, 2.75) is 0 Å². The molecule has 0 saturated heterocycles. The van der Waals surface area contributed by atoms with E-state index in [4.69, 9.17) is 0 Å². The first-order chi connectivity index (χ1) is 11.3. The van der Waals surface area contributed by atoms with Crippen molar-refractivity contribution >= 4 is 28.2 Å². The average Bonchev–Trinajstić information content (AvgIpc) is 2.62. The van der Waals surface area contributed by atoms with Gasteiger partial charge in [-0.15, -0.1) is 4.91 Å². The number of pyridine rings is 1. The second-order valence-electron chi connectivity index (χ2n) is 5.12. The summed E-state index contributed by atoms with van der Waals surface area (Å²) >= 11 is 0. The summed E-state index contributed by atoms with van der Waals surface area (Å²) in [5, 5.41) is 5.12. The number of aliphatic imine (C=N–C) groups is 1. The summed E-state index contributed by atoms with van der Waals surface area (Å²) in [5.74, 6) is 0. The summed E-state index contributed by atoms with van der Waals surface area (Å²) < 4.78 is 0. The van der Waals surface area contributed by atoms with E-state index in [2.05, 4.69) is 21.7 Å². The van der Waals surface area contributed by atoms with Gasteiger partial charge in [0.15, 0.2) is 0 Å². The zero-order valence-electron chi connectivity index (χ0n) is 12.5. The lowest BCUT2D eigenvalue weighted by Crippen LogP contribution is -1.91. The Hall–Kier alpha value is -3.14. The summed E-state index contributed by atoms with van der Waals surface area (Å²) in [6.07, 6.45) is 5.15. The predicted molar refractivity (Wildman–Crippen MR) is 95.1 cm³/mol. The maximum absolute atomic E-state index is 11.1. The molecule has 3 aromatic rings. The zero-order valence-corrected chi connectivity index (χ0v) is 12.5. The molecule has 0 saturated carbocycles.